The molecule has 0 bridgehead atoms. The number of anilines is 3. The van der Waals surface area contributed by atoms with Crippen LogP contribution in [0.2, 0.25) is 0 Å². The van der Waals surface area contributed by atoms with Crippen molar-refractivity contribution >= 4 is 29.2 Å². The summed E-state index contributed by atoms with van der Waals surface area (Å²) in [6.07, 6.45) is 0. The van der Waals surface area contributed by atoms with Crippen molar-refractivity contribution in [1.82, 2.24) is 0 Å². The second-order valence-electron chi connectivity index (χ2n) is 3.72. The first-order valence-electron chi connectivity index (χ1n) is 5.13. The molecule has 1 heterocycles. The van der Waals surface area contributed by atoms with Gasteiger partial charge in [-0.05, 0) is 24.3 Å². The zero-order valence-corrected chi connectivity index (χ0v) is 9.77. The summed E-state index contributed by atoms with van der Waals surface area (Å²) in [4.78, 5) is 0. The maximum atomic E-state index is 13.7. The zero-order chi connectivity index (χ0) is 12.7. The number of rotatable bonds is 1. The van der Waals surface area contributed by atoms with E-state index < -0.39 is 17.5 Å². The van der Waals surface area contributed by atoms with Crippen molar-refractivity contribution in [1.29, 1.82) is 0 Å². The minimum Gasteiger partial charge on any atom is -0.307 e. The van der Waals surface area contributed by atoms with E-state index in [9.17, 15) is 13.2 Å². The Bertz CT molecular complexity index is 618. The number of benzene rings is 2. The van der Waals surface area contributed by atoms with Gasteiger partial charge in [-0.2, -0.15) is 0 Å². The molecule has 0 saturated carbocycles. The van der Waals surface area contributed by atoms with E-state index in [-0.39, 0.29) is 5.69 Å². The van der Waals surface area contributed by atoms with Gasteiger partial charge in [-0.15, -0.1) is 0 Å². The van der Waals surface area contributed by atoms with Crippen LogP contribution >= 0.6 is 12.1 Å². The number of fused-ring (bicyclic) bond motifs is 1. The molecule has 0 unspecified atom stereocenters. The van der Waals surface area contributed by atoms with Crippen molar-refractivity contribution in [3.05, 3.63) is 53.8 Å². The molecule has 0 aromatic heterocycles. The molecule has 0 atom stereocenters. The van der Waals surface area contributed by atoms with Crippen LogP contribution in [0.5, 0.6) is 0 Å². The highest BCUT2D eigenvalue weighted by Crippen LogP contribution is 2.46. The lowest BCUT2D eigenvalue weighted by Crippen LogP contribution is -2.05. The largest absolute Gasteiger partial charge is 0.307 e. The molecule has 3 rings (SSSR count). The zero-order valence-electron chi connectivity index (χ0n) is 8.95. The minimum absolute atomic E-state index is 0.179. The van der Waals surface area contributed by atoms with Crippen LogP contribution in [0, 0.1) is 17.5 Å². The predicted molar refractivity (Wildman–Crippen MR) is 66.1 cm³/mol. The van der Waals surface area contributed by atoms with Crippen LogP contribution in [0.1, 0.15) is 0 Å². The smallest absolute Gasteiger partial charge is 0.150 e. The fourth-order valence-corrected chi connectivity index (χ4v) is 2.63. The number of nitrogens with zero attached hydrogens (tertiary/aromatic N) is 1. The first-order valence-corrected chi connectivity index (χ1v) is 5.91. The fraction of sp³-hybridized carbons (Fsp3) is 0. The molecule has 1 N–H and O–H groups in total. The van der Waals surface area contributed by atoms with E-state index >= 15 is 0 Å². The van der Waals surface area contributed by atoms with E-state index in [1.807, 2.05) is 0 Å². The van der Waals surface area contributed by atoms with E-state index in [0.29, 0.717) is 11.4 Å². The fourth-order valence-electron chi connectivity index (χ4n) is 1.75. The van der Waals surface area contributed by atoms with Crippen molar-refractivity contribution in [3.8, 4) is 0 Å². The molecular weight excluding hydrogens is 261 g/mol. The normalized spacial score (nSPS) is 13.4. The van der Waals surface area contributed by atoms with Gasteiger partial charge in [-0.1, -0.05) is 6.07 Å². The van der Waals surface area contributed by atoms with Gasteiger partial charge in [0.25, 0.3) is 0 Å². The molecule has 1 aliphatic heterocycles. The number of hydrogen-bond acceptors (Lipinski definition) is 3. The molecule has 18 heavy (non-hydrogen) atoms. The molecule has 0 radical (unpaired) electrons. The van der Waals surface area contributed by atoms with Crippen molar-refractivity contribution in [2.75, 3.05) is 9.03 Å². The summed E-state index contributed by atoms with van der Waals surface area (Å²) in [5.41, 5.74) is 0.981. The first kappa shape index (κ1) is 11.3. The number of hydrogen-bond donors (Lipinski definition) is 1. The highest BCUT2D eigenvalue weighted by atomic mass is 32.2. The van der Waals surface area contributed by atoms with Crippen LogP contribution in [0.25, 0.3) is 0 Å². The van der Waals surface area contributed by atoms with Crippen molar-refractivity contribution in [3.63, 3.8) is 0 Å². The van der Waals surface area contributed by atoms with Crippen LogP contribution in [0.4, 0.5) is 30.2 Å². The summed E-state index contributed by atoms with van der Waals surface area (Å²) in [6.45, 7) is 0. The average molecular weight is 268 g/mol. The standard InChI is InChI=1S/C12H7F3N2S/c13-7-4-5-10(9(15)6-7)17-11-3-1-2-8(14)12(11)16-18-17/h1-6,16H. The quantitative estimate of drug-likeness (QED) is 0.779. The second-order valence-corrected chi connectivity index (χ2v) is 4.47. The first-order chi connectivity index (χ1) is 8.66. The lowest BCUT2D eigenvalue weighted by atomic mass is 10.2. The van der Waals surface area contributed by atoms with Crippen LogP contribution in [-0.2, 0) is 0 Å². The predicted octanol–water partition coefficient (Wildman–Crippen LogP) is 4.23. The highest BCUT2D eigenvalue weighted by Gasteiger charge is 2.26. The Hall–Kier alpha value is -1.82. The lowest BCUT2D eigenvalue weighted by molar-refractivity contribution is 0.585. The van der Waals surface area contributed by atoms with Gasteiger partial charge < -0.3 is 4.72 Å². The molecule has 0 spiro atoms. The molecule has 0 saturated heterocycles. The van der Waals surface area contributed by atoms with E-state index in [2.05, 4.69) is 4.72 Å². The number of nitrogens with one attached hydrogen (secondary N) is 1. The molecule has 0 aliphatic carbocycles. The molecule has 0 fully saturated rings. The van der Waals surface area contributed by atoms with Gasteiger partial charge >= 0.3 is 0 Å². The van der Waals surface area contributed by atoms with Gasteiger partial charge in [0.2, 0.25) is 0 Å². The molecule has 1 aliphatic rings. The Kier molecular flexibility index (Phi) is 2.59. The van der Waals surface area contributed by atoms with Gasteiger partial charge in [0.1, 0.15) is 17.3 Å². The molecular formula is C12H7F3N2S. The molecule has 2 nitrogen and oxygen atoms in total. The van der Waals surface area contributed by atoms with Gasteiger partial charge in [0, 0.05) is 6.07 Å². The summed E-state index contributed by atoms with van der Waals surface area (Å²) >= 11 is 1.04. The topological polar surface area (TPSA) is 15.3 Å². The minimum atomic E-state index is -0.693. The van der Waals surface area contributed by atoms with Crippen molar-refractivity contribution in [2.24, 2.45) is 0 Å². The average Bonchev–Trinajstić information content (AvgIpc) is 2.74. The van der Waals surface area contributed by atoms with Crippen LogP contribution in [0.15, 0.2) is 36.4 Å². The highest BCUT2D eigenvalue weighted by molar-refractivity contribution is 8.02. The monoisotopic (exact) mass is 268 g/mol. The van der Waals surface area contributed by atoms with Gasteiger partial charge in [0.15, 0.2) is 5.82 Å². The Labute approximate surface area is 106 Å². The van der Waals surface area contributed by atoms with E-state index in [1.54, 1.807) is 6.07 Å². The van der Waals surface area contributed by atoms with Gasteiger partial charge in [-0.3, -0.25) is 4.31 Å². The maximum absolute atomic E-state index is 13.7. The van der Waals surface area contributed by atoms with Gasteiger partial charge in [-0.25, -0.2) is 13.2 Å². The third kappa shape index (κ3) is 1.69. The third-order valence-corrected chi connectivity index (χ3v) is 3.45. The summed E-state index contributed by atoms with van der Waals surface area (Å²) < 4.78 is 44.3. The Balaban J connectivity index is 2.09. The van der Waals surface area contributed by atoms with Crippen molar-refractivity contribution < 1.29 is 13.2 Å². The van der Waals surface area contributed by atoms with E-state index in [1.165, 1.54) is 22.5 Å². The van der Waals surface area contributed by atoms with Crippen LogP contribution < -0.4 is 9.03 Å². The molecule has 0 amide bonds. The third-order valence-electron chi connectivity index (χ3n) is 2.58. The SMILES string of the molecule is Fc1ccc(N2SNc3c(F)cccc32)c(F)c1. The summed E-state index contributed by atoms with van der Waals surface area (Å²) in [5.74, 6) is -1.75. The summed E-state index contributed by atoms with van der Waals surface area (Å²) in [6, 6.07) is 7.80. The molecule has 2 aromatic rings. The van der Waals surface area contributed by atoms with E-state index in [0.717, 1.165) is 24.3 Å². The van der Waals surface area contributed by atoms with Crippen LogP contribution in [0.3, 0.4) is 0 Å². The number of halogens is 3. The van der Waals surface area contributed by atoms with E-state index in [4.69, 9.17) is 0 Å². The molecule has 2 aromatic carbocycles. The summed E-state index contributed by atoms with van der Waals surface area (Å²) in [7, 11) is 0. The lowest BCUT2D eigenvalue weighted by Gasteiger charge is -2.16. The Morgan fingerprint density at radius 1 is 0.944 bits per heavy atom. The second kappa shape index (κ2) is 4.13. The molecule has 92 valence electrons. The molecule has 6 heteroatoms. The summed E-state index contributed by atoms with van der Waals surface area (Å²) in [5, 5.41) is 0. The Morgan fingerprint density at radius 3 is 2.56 bits per heavy atom. The maximum Gasteiger partial charge on any atom is 0.150 e. The van der Waals surface area contributed by atoms with Crippen molar-refractivity contribution in [2.45, 2.75) is 0 Å². The van der Waals surface area contributed by atoms with Gasteiger partial charge in [0.05, 0.1) is 23.5 Å². The Morgan fingerprint density at radius 2 is 1.78 bits per heavy atom. The van der Waals surface area contributed by atoms with Crippen LogP contribution in [-0.4, -0.2) is 0 Å². The number of para-hydroxylation sites is 1.